The molecule has 0 aliphatic rings. The summed E-state index contributed by atoms with van der Waals surface area (Å²) in [4.78, 5) is 16.9. The van der Waals surface area contributed by atoms with Crippen LogP contribution in [0.5, 0.6) is 0 Å². The summed E-state index contributed by atoms with van der Waals surface area (Å²) in [6, 6.07) is 12.4. The Morgan fingerprint density at radius 1 is 1.27 bits per heavy atom. The van der Waals surface area contributed by atoms with Crippen molar-refractivity contribution in [2.24, 2.45) is 0 Å². The minimum absolute atomic E-state index is 0.00938. The molecule has 0 spiro atoms. The largest absolute Gasteiger partial charge is 0.469 e. The number of nitrogens with zero attached hydrogens (tertiary/aromatic N) is 1. The predicted molar refractivity (Wildman–Crippen MR) is 105 cm³/mol. The molecule has 0 bridgehead atoms. The molecule has 0 saturated heterocycles. The molecule has 1 aromatic carbocycles. The molecule has 1 N–H and O–H groups in total. The zero-order valence-electron chi connectivity index (χ0n) is 15.2. The summed E-state index contributed by atoms with van der Waals surface area (Å²) < 4.78 is 5.32. The smallest absolute Gasteiger partial charge is 0.226 e. The third kappa shape index (κ3) is 5.05. The second-order valence-corrected chi connectivity index (χ2v) is 7.32. The Hall–Kier alpha value is -2.40. The van der Waals surface area contributed by atoms with Crippen molar-refractivity contribution in [3.05, 3.63) is 65.1 Å². The minimum Gasteiger partial charge on any atom is -0.469 e. The summed E-state index contributed by atoms with van der Waals surface area (Å²) in [6.45, 7) is 4.16. The number of rotatable bonds is 8. The topological polar surface area (TPSA) is 55.1 Å². The number of carbonyl (C=O) groups excluding carboxylic acids is 1. The molecular weight excluding hydrogens is 344 g/mol. The molecule has 5 heteroatoms. The molecule has 0 aliphatic carbocycles. The highest BCUT2D eigenvalue weighted by molar-refractivity contribution is 7.13. The second-order valence-electron chi connectivity index (χ2n) is 6.46. The number of furan rings is 1. The summed E-state index contributed by atoms with van der Waals surface area (Å²) in [5.74, 6) is 0.958. The second kappa shape index (κ2) is 8.81. The minimum atomic E-state index is 0.00938. The third-order valence-corrected chi connectivity index (χ3v) is 5.25. The van der Waals surface area contributed by atoms with Gasteiger partial charge < -0.3 is 9.73 Å². The van der Waals surface area contributed by atoms with Crippen molar-refractivity contribution < 1.29 is 9.21 Å². The average molecular weight is 369 g/mol. The quantitative estimate of drug-likeness (QED) is 0.630. The molecule has 0 fully saturated rings. The summed E-state index contributed by atoms with van der Waals surface area (Å²) in [5.41, 5.74) is 3.24. The number of aromatic nitrogens is 1. The van der Waals surface area contributed by atoms with Gasteiger partial charge in [0.15, 0.2) is 0 Å². The van der Waals surface area contributed by atoms with Crippen LogP contribution in [0.3, 0.4) is 0 Å². The number of benzene rings is 1. The Kier molecular flexibility index (Phi) is 6.23. The maximum atomic E-state index is 12.2. The molecule has 2 aromatic heterocycles. The van der Waals surface area contributed by atoms with E-state index in [1.807, 2.05) is 24.4 Å². The van der Waals surface area contributed by atoms with Gasteiger partial charge >= 0.3 is 0 Å². The van der Waals surface area contributed by atoms with E-state index >= 15 is 0 Å². The lowest BCUT2D eigenvalue weighted by Gasteiger charge is -2.12. The summed E-state index contributed by atoms with van der Waals surface area (Å²) in [5, 5.41) is 5.97. The molecule has 1 atom stereocenters. The van der Waals surface area contributed by atoms with E-state index in [1.165, 1.54) is 5.56 Å². The van der Waals surface area contributed by atoms with Crippen LogP contribution < -0.4 is 5.32 Å². The highest BCUT2D eigenvalue weighted by Gasteiger charge is 2.12. The van der Waals surface area contributed by atoms with E-state index in [-0.39, 0.29) is 11.9 Å². The molecule has 26 heavy (non-hydrogen) atoms. The van der Waals surface area contributed by atoms with Crippen molar-refractivity contribution >= 4 is 17.2 Å². The molecule has 136 valence electrons. The van der Waals surface area contributed by atoms with E-state index in [0.717, 1.165) is 41.3 Å². The number of carbonyl (C=O) groups is 1. The maximum absolute atomic E-state index is 12.2. The molecule has 2 heterocycles. The van der Waals surface area contributed by atoms with Gasteiger partial charge in [-0.1, -0.05) is 31.2 Å². The standard InChI is InChI=1S/C21H24N2O2S/c1-3-16-7-9-17(10-8-16)21-23-18(14-26-21)13-20(24)22-15(2)6-11-19-5-4-12-25-19/h4-5,7-10,12,14-15H,3,6,11,13H2,1-2H3,(H,22,24). The first-order chi connectivity index (χ1) is 12.6. The molecule has 1 unspecified atom stereocenters. The van der Waals surface area contributed by atoms with E-state index < -0.39 is 0 Å². The van der Waals surface area contributed by atoms with Crippen LogP contribution in [-0.4, -0.2) is 16.9 Å². The Balaban J connectivity index is 1.50. The zero-order chi connectivity index (χ0) is 18.4. The van der Waals surface area contributed by atoms with Gasteiger partial charge in [-0.2, -0.15) is 0 Å². The van der Waals surface area contributed by atoms with Crippen molar-refractivity contribution in [2.45, 2.75) is 45.6 Å². The summed E-state index contributed by atoms with van der Waals surface area (Å²) in [6.07, 6.45) is 4.69. The van der Waals surface area contributed by atoms with Crippen molar-refractivity contribution in [2.75, 3.05) is 0 Å². The van der Waals surface area contributed by atoms with E-state index in [1.54, 1.807) is 17.6 Å². The maximum Gasteiger partial charge on any atom is 0.226 e. The first-order valence-corrected chi connectivity index (χ1v) is 9.87. The normalized spacial score (nSPS) is 12.1. The molecule has 1 amide bonds. The highest BCUT2D eigenvalue weighted by atomic mass is 32.1. The van der Waals surface area contributed by atoms with Gasteiger partial charge in [-0.15, -0.1) is 11.3 Å². The van der Waals surface area contributed by atoms with Crippen LogP contribution in [0, 0.1) is 0 Å². The number of hydrogen-bond acceptors (Lipinski definition) is 4. The molecule has 0 saturated carbocycles. The number of aryl methyl sites for hydroxylation is 2. The Morgan fingerprint density at radius 2 is 2.08 bits per heavy atom. The number of thiazole rings is 1. The van der Waals surface area contributed by atoms with E-state index in [2.05, 4.69) is 41.5 Å². The van der Waals surface area contributed by atoms with Gasteiger partial charge in [0, 0.05) is 23.4 Å². The van der Waals surface area contributed by atoms with Gasteiger partial charge in [-0.3, -0.25) is 4.79 Å². The Labute approximate surface area is 158 Å². The van der Waals surface area contributed by atoms with Crippen LogP contribution in [0.2, 0.25) is 0 Å². The van der Waals surface area contributed by atoms with E-state index in [9.17, 15) is 4.79 Å². The number of amides is 1. The van der Waals surface area contributed by atoms with Crippen LogP contribution in [0.1, 0.15) is 37.3 Å². The van der Waals surface area contributed by atoms with Gasteiger partial charge in [0.25, 0.3) is 0 Å². The first kappa shape index (κ1) is 18.4. The SMILES string of the molecule is CCc1ccc(-c2nc(CC(=O)NC(C)CCc3ccco3)cs2)cc1. The molecular formula is C21H24N2O2S. The number of nitrogens with one attached hydrogen (secondary N) is 1. The van der Waals surface area contributed by atoms with Gasteiger partial charge in [0.05, 0.1) is 18.4 Å². The van der Waals surface area contributed by atoms with Gasteiger partial charge in [0.1, 0.15) is 10.8 Å². The zero-order valence-corrected chi connectivity index (χ0v) is 16.0. The van der Waals surface area contributed by atoms with Crippen LogP contribution in [0.15, 0.2) is 52.5 Å². The lowest BCUT2D eigenvalue weighted by Crippen LogP contribution is -2.34. The van der Waals surface area contributed by atoms with Gasteiger partial charge in [-0.05, 0) is 37.5 Å². The van der Waals surface area contributed by atoms with Gasteiger partial charge in [-0.25, -0.2) is 4.98 Å². The van der Waals surface area contributed by atoms with Crippen molar-refractivity contribution in [3.8, 4) is 10.6 Å². The fourth-order valence-electron chi connectivity index (χ4n) is 2.78. The Bertz CT molecular complexity index is 822. The van der Waals surface area contributed by atoms with E-state index in [4.69, 9.17) is 4.42 Å². The highest BCUT2D eigenvalue weighted by Crippen LogP contribution is 2.24. The lowest BCUT2D eigenvalue weighted by molar-refractivity contribution is -0.121. The van der Waals surface area contributed by atoms with Crippen LogP contribution >= 0.6 is 11.3 Å². The lowest BCUT2D eigenvalue weighted by atomic mass is 10.1. The Morgan fingerprint density at radius 3 is 2.77 bits per heavy atom. The fourth-order valence-corrected chi connectivity index (χ4v) is 3.61. The van der Waals surface area contributed by atoms with Crippen molar-refractivity contribution in [1.29, 1.82) is 0 Å². The summed E-state index contributed by atoms with van der Waals surface area (Å²) >= 11 is 1.58. The van der Waals surface area contributed by atoms with Gasteiger partial charge in [0.2, 0.25) is 5.91 Å². The molecule has 3 rings (SSSR count). The first-order valence-electron chi connectivity index (χ1n) is 8.99. The predicted octanol–water partition coefficient (Wildman–Crippen LogP) is 4.65. The third-order valence-electron chi connectivity index (χ3n) is 4.31. The number of hydrogen-bond donors (Lipinski definition) is 1. The van der Waals surface area contributed by atoms with Crippen LogP contribution in [-0.2, 0) is 24.1 Å². The van der Waals surface area contributed by atoms with E-state index in [0.29, 0.717) is 6.42 Å². The van der Waals surface area contributed by atoms with Crippen molar-refractivity contribution in [1.82, 2.24) is 10.3 Å². The average Bonchev–Trinajstić information content (AvgIpc) is 3.32. The van der Waals surface area contributed by atoms with Crippen molar-refractivity contribution in [3.63, 3.8) is 0 Å². The summed E-state index contributed by atoms with van der Waals surface area (Å²) in [7, 11) is 0. The fraction of sp³-hybridized carbons (Fsp3) is 0.333. The molecule has 3 aromatic rings. The monoisotopic (exact) mass is 368 g/mol. The molecule has 0 aliphatic heterocycles. The molecule has 0 radical (unpaired) electrons. The van der Waals surface area contributed by atoms with Crippen LogP contribution in [0.25, 0.3) is 10.6 Å². The molecule has 4 nitrogen and oxygen atoms in total. The van der Waals surface area contributed by atoms with Crippen LogP contribution in [0.4, 0.5) is 0 Å².